The van der Waals surface area contributed by atoms with Crippen LogP contribution in [0.15, 0.2) is 18.3 Å². The van der Waals surface area contributed by atoms with Crippen LogP contribution < -0.4 is 10.6 Å². The molecule has 0 saturated carbocycles. The lowest BCUT2D eigenvalue weighted by atomic mass is 9.96. The van der Waals surface area contributed by atoms with Crippen LogP contribution in [0.4, 0.5) is 5.69 Å². The van der Waals surface area contributed by atoms with Gasteiger partial charge in [-0.3, -0.25) is 14.7 Å². The van der Waals surface area contributed by atoms with Crippen molar-refractivity contribution >= 4 is 11.6 Å². The fourth-order valence-electron chi connectivity index (χ4n) is 3.49. The molecule has 2 fully saturated rings. The van der Waals surface area contributed by atoms with Gasteiger partial charge in [0.25, 0.3) is 0 Å². The van der Waals surface area contributed by atoms with E-state index in [-0.39, 0.29) is 11.8 Å². The molecule has 2 N–H and O–H groups in total. The summed E-state index contributed by atoms with van der Waals surface area (Å²) >= 11 is 0. The second kappa shape index (κ2) is 6.02. The van der Waals surface area contributed by atoms with E-state index in [1.165, 1.54) is 18.5 Å². The zero-order valence-corrected chi connectivity index (χ0v) is 12.7. The van der Waals surface area contributed by atoms with Crippen molar-refractivity contribution in [2.24, 2.45) is 11.7 Å². The summed E-state index contributed by atoms with van der Waals surface area (Å²) in [7, 11) is 2.17. The Kier molecular flexibility index (Phi) is 4.10. The summed E-state index contributed by atoms with van der Waals surface area (Å²) in [5.41, 5.74) is 7.71. The number of anilines is 1. The highest BCUT2D eigenvalue weighted by Crippen LogP contribution is 2.30. The van der Waals surface area contributed by atoms with Crippen LogP contribution in [0.2, 0.25) is 0 Å². The minimum Gasteiger partial charge on any atom is -0.370 e. The van der Waals surface area contributed by atoms with Gasteiger partial charge in [-0.1, -0.05) is 0 Å². The highest BCUT2D eigenvalue weighted by molar-refractivity contribution is 5.77. The second-order valence-corrected chi connectivity index (χ2v) is 6.24. The van der Waals surface area contributed by atoms with Gasteiger partial charge < -0.3 is 10.6 Å². The minimum atomic E-state index is -0.160. The van der Waals surface area contributed by atoms with E-state index in [2.05, 4.69) is 34.0 Å². The largest absolute Gasteiger partial charge is 0.370 e. The zero-order chi connectivity index (χ0) is 14.8. The van der Waals surface area contributed by atoms with Gasteiger partial charge in [0.05, 0.1) is 23.6 Å². The molecule has 0 radical (unpaired) electrons. The third-order valence-electron chi connectivity index (χ3n) is 4.90. The highest BCUT2D eigenvalue weighted by Gasteiger charge is 2.25. The third-order valence-corrected chi connectivity index (χ3v) is 4.90. The van der Waals surface area contributed by atoms with Crippen molar-refractivity contribution in [1.29, 1.82) is 0 Å². The van der Waals surface area contributed by atoms with Gasteiger partial charge in [-0.25, -0.2) is 0 Å². The van der Waals surface area contributed by atoms with Crippen molar-refractivity contribution in [1.82, 2.24) is 9.88 Å². The fourth-order valence-corrected chi connectivity index (χ4v) is 3.49. The zero-order valence-electron chi connectivity index (χ0n) is 12.7. The Morgan fingerprint density at radius 3 is 2.52 bits per heavy atom. The molecule has 21 heavy (non-hydrogen) atoms. The smallest absolute Gasteiger partial charge is 0.220 e. The first-order valence-corrected chi connectivity index (χ1v) is 7.85. The number of likely N-dealkylation sites (tertiary alicyclic amines) is 1. The van der Waals surface area contributed by atoms with E-state index in [0.29, 0.717) is 6.04 Å². The van der Waals surface area contributed by atoms with Gasteiger partial charge in [0.2, 0.25) is 5.91 Å². The average molecular weight is 288 g/mol. The number of piperidine rings is 1. The van der Waals surface area contributed by atoms with E-state index in [1.54, 1.807) is 0 Å². The molecule has 2 aliphatic heterocycles. The molecule has 0 bridgehead atoms. The molecule has 0 aliphatic carbocycles. The van der Waals surface area contributed by atoms with E-state index in [1.807, 2.05) is 6.20 Å². The van der Waals surface area contributed by atoms with Gasteiger partial charge in [-0.05, 0) is 51.4 Å². The van der Waals surface area contributed by atoms with Crippen molar-refractivity contribution in [2.75, 3.05) is 31.6 Å². The van der Waals surface area contributed by atoms with E-state index in [9.17, 15) is 4.79 Å². The maximum atomic E-state index is 11.2. The predicted molar refractivity (Wildman–Crippen MR) is 83.0 cm³/mol. The average Bonchev–Trinajstić information content (AvgIpc) is 2.94. The summed E-state index contributed by atoms with van der Waals surface area (Å²) in [5, 5.41) is 0. The Balaban J connectivity index is 1.64. The molecular formula is C16H24N4O. The predicted octanol–water partition coefficient (Wildman–Crippen LogP) is 1.55. The molecule has 1 amide bonds. The van der Waals surface area contributed by atoms with Crippen molar-refractivity contribution in [3.8, 4) is 0 Å². The van der Waals surface area contributed by atoms with Crippen LogP contribution in [0.3, 0.4) is 0 Å². The molecule has 2 saturated heterocycles. The maximum Gasteiger partial charge on any atom is 0.220 e. The number of pyridine rings is 1. The standard InChI is InChI=1S/C16H24N4O/c1-19-8-2-3-15(19)14-5-4-13(11-18-14)20-9-6-12(7-10-20)16(17)21/h4-5,11-12,15H,2-3,6-10H2,1H3,(H2,17,21)/t15-/m0/s1. The number of nitrogens with two attached hydrogens (primary N) is 1. The summed E-state index contributed by atoms with van der Waals surface area (Å²) in [6.07, 6.45) is 6.13. The molecule has 3 heterocycles. The lowest BCUT2D eigenvalue weighted by molar-refractivity contribution is -0.122. The summed E-state index contributed by atoms with van der Waals surface area (Å²) < 4.78 is 0. The number of carbonyl (C=O) groups is 1. The number of hydrogen-bond donors (Lipinski definition) is 1. The SMILES string of the molecule is CN1CCC[C@H]1c1ccc(N2CCC(C(N)=O)CC2)cn1. The summed E-state index contributed by atoms with van der Waals surface area (Å²) in [4.78, 5) is 20.5. The first-order chi connectivity index (χ1) is 10.1. The first kappa shape index (κ1) is 14.3. The van der Waals surface area contributed by atoms with E-state index in [4.69, 9.17) is 5.73 Å². The Bertz CT molecular complexity index is 494. The number of hydrogen-bond acceptors (Lipinski definition) is 4. The number of aromatic nitrogens is 1. The fraction of sp³-hybridized carbons (Fsp3) is 0.625. The van der Waals surface area contributed by atoms with Gasteiger partial charge in [0.1, 0.15) is 0 Å². The third kappa shape index (κ3) is 3.02. The minimum absolute atomic E-state index is 0.0422. The van der Waals surface area contributed by atoms with Gasteiger partial charge in [-0.2, -0.15) is 0 Å². The molecule has 114 valence electrons. The molecule has 3 rings (SSSR count). The van der Waals surface area contributed by atoms with Crippen LogP contribution >= 0.6 is 0 Å². The number of rotatable bonds is 3. The number of nitrogens with zero attached hydrogens (tertiary/aromatic N) is 3. The highest BCUT2D eigenvalue weighted by atomic mass is 16.1. The number of carbonyl (C=O) groups excluding carboxylic acids is 1. The number of amides is 1. The van der Waals surface area contributed by atoms with E-state index in [0.717, 1.165) is 38.2 Å². The topological polar surface area (TPSA) is 62.5 Å². The molecule has 1 aromatic rings. The summed E-state index contributed by atoms with van der Waals surface area (Å²) in [6, 6.07) is 4.79. The lowest BCUT2D eigenvalue weighted by Gasteiger charge is -2.32. The number of primary amides is 1. The first-order valence-electron chi connectivity index (χ1n) is 7.85. The molecule has 2 aliphatic rings. The Morgan fingerprint density at radius 1 is 1.24 bits per heavy atom. The Morgan fingerprint density at radius 2 is 2.00 bits per heavy atom. The normalized spacial score (nSPS) is 24.4. The molecule has 0 spiro atoms. The van der Waals surface area contributed by atoms with Crippen molar-refractivity contribution in [2.45, 2.75) is 31.7 Å². The van der Waals surface area contributed by atoms with Crippen molar-refractivity contribution in [3.05, 3.63) is 24.0 Å². The van der Waals surface area contributed by atoms with Crippen molar-refractivity contribution in [3.63, 3.8) is 0 Å². The quantitative estimate of drug-likeness (QED) is 0.916. The Labute approximate surface area is 126 Å². The van der Waals surface area contributed by atoms with E-state index >= 15 is 0 Å². The lowest BCUT2D eigenvalue weighted by Crippen LogP contribution is -2.38. The van der Waals surface area contributed by atoms with Gasteiger partial charge >= 0.3 is 0 Å². The van der Waals surface area contributed by atoms with Gasteiger partial charge in [-0.15, -0.1) is 0 Å². The van der Waals surface area contributed by atoms with Crippen LogP contribution in [0.1, 0.15) is 37.4 Å². The molecule has 1 aromatic heterocycles. The van der Waals surface area contributed by atoms with Crippen LogP contribution in [0.25, 0.3) is 0 Å². The molecule has 0 aromatic carbocycles. The Hall–Kier alpha value is -1.62. The van der Waals surface area contributed by atoms with Gasteiger partial charge in [0.15, 0.2) is 0 Å². The molecular weight excluding hydrogens is 264 g/mol. The van der Waals surface area contributed by atoms with Gasteiger partial charge in [0, 0.05) is 19.0 Å². The van der Waals surface area contributed by atoms with E-state index < -0.39 is 0 Å². The van der Waals surface area contributed by atoms with Crippen LogP contribution in [-0.4, -0.2) is 42.5 Å². The second-order valence-electron chi connectivity index (χ2n) is 6.24. The molecule has 1 atom stereocenters. The van der Waals surface area contributed by atoms with Crippen LogP contribution in [0, 0.1) is 5.92 Å². The maximum absolute atomic E-state index is 11.2. The molecule has 5 heteroatoms. The monoisotopic (exact) mass is 288 g/mol. The summed E-state index contributed by atoms with van der Waals surface area (Å²) in [6.45, 7) is 2.94. The van der Waals surface area contributed by atoms with Crippen LogP contribution in [-0.2, 0) is 4.79 Å². The van der Waals surface area contributed by atoms with Crippen LogP contribution in [0.5, 0.6) is 0 Å². The molecule has 0 unspecified atom stereocenters. The summed E-state index contributed by atoms with van der Waals surface area (Å²) in [5.74, 6) is -0.118. The van der Waals surface area contributed by atoms with Crippen molar-refractivity contribution < 1.29 is 4.79 Å². The molecule has 5 nitrogen and oxygen atoms in total.